The van der Waals surface area contributed by atoms with Gasteiger partial charge in [-0.2, -0.15) is 5.26 Å². The molecule has 0 radical (unpaired) electrons. The van der Waals surface area contributed by atoms with Gasteiger partial charge in [-0.05, 0) is 26.7 Å². The van der Waals surface area contributed by atoms with Gasteiger partial charge in [-0.15, -0.1) is 0 Å². The molecule has 3 heteroatoms. The van der Waals surface area contributed by atoms with Crippen LogP contribution in [0.15, 0.2) is 0 Å². The van der Waals surface area contributed by atoms with Gasteiger partial charge in [0.1, 0.15) is 5.54 Å². The number of nitriles is 1. The van der Waals surface area contributed by atoms with Gasteiger partial charge in [-0.3, -0.25) is 5.32 Å². The summed E-state index contributed by atoms with van der Waals surface area (Å²) in [6.45, 7) is 5.02. The lowest BCUT2D eigenvalue weighted by molar-refractivity contribution is 0.101. The third-order valence-electron chi connectivity index (χ3n) is 2.72. The first kappa shape index (κ1) is 11.5. The summed E-state index contributed by atoms with van der Waals surface area (Å²) >= 11 is 0. The molecule has 0 aromatic carbocycles. The second-order valence-electron chi connectivity index (χ2n) is 4.21. The second kappa shape index (κ2) is 5.33. The molecule has 0 saturated heterocycles. The summed E-state index contributed by atoms with van der Waals surface area (Å²) in [6.07, 6.45) is 4.97. The molecular formula is C11H20N2O. The van der Waals surface area contributed by atoms with Crippen molar-refractivity contribution >= 4 is 0 Å². The van der Waals surface area contributed by atoms with Gasteiger partial charge < -0.3 is 4.74 Å². The fraction of sp³-hybridized carbons (Fsp3) is 0.909. The average molecular weight is 196 g/mol. The maximum atomic E-state index is 9.08. The van der Waals surface area contributed by atoms with E-state index in [1.165, 1.54) is 25.7 Å². The van der Waals surface area contributed by atoms with E-state index < -0.39 is 5.54 Å². The minimum Gasteiger partial charge on any atom is -0.379 e. The van der Waals surface area contributed by atoms with Gasteiger partial charge >= 0.3 is 0 Å². The summed E-state index contributed by atoms with van der Waals surface area (Å²) in [6, 6.07) is 2.82. The summed E-state index contributed by atoms with van der Waals surface area (Å²) in [7, 11) is 0. The minimum absolute atomic E-state index is 0.483. The zero-order valence-corrected chi connectivity index (χ0v) is 9.18. The lowest BCUT2D eigenvalue weighted by atomic mass is 10.0. The van der Waals surface area contributed by atoms with Crippen LogP contribution in [-0.2, 0) is 4.74 Å². The molecule has 0 aromatic heterocycles. The van der Waals surface area contributed by atoms with Crippen molar-refractivity contribution in [3.63, 3.8) is 0 Å². The van der Waals surface area contributed by atoms with Crippen molar-refractivity contribution in [2.75, 3.05) is 13.2 Å². The van der Waals surface area contributed by atoms with Crippen molar-refractivity contribution in [1.29, 1.82) is 5.26 Å². The quantitative estimate of drug-likeness (QED) is 0.729. The third kappa shape index (κ3) is 3.28. The highest BCUT2D eigenvalue weighted by Gasteiger charge is 2.28. The van der Waals surface area contributed by atoms with Crippen molar-refractivity contribution in [3.8, 4) is 6.07 Å². The van der Waals surface area contributed by atoms with E-state index in [9.17, 15) is 0 Å². The van der Waals surface area contributed by atoms with Gasteiger partial charge in [0.05, 0.1) is 12.7 Å². The smallest absolute Gasteiger partial charge is 0.127 e. The summed E-state index contributed by atoms with van der Waals surface area (Å²) < 4.78 is 5.31. The molecule has 1 fully saturated rings. The predicted molar refractivity (Wildman–Crippen MR) is 55.9 cm³/mol. The normalized spacial score (nSPS) is 21.8. The predicted octanol–water partition coefficient (Wildman–Crippen LogP) is 1.84. The largest absolute Gasteiger partial charge is 0.379 e. The Morgan fingerprint density at radius 1 is 1.50 bits per heavy atom. The van der Waals surface area contributed by atoms with Crippen molar-refractivity contribution in [1.82, 2.24) is 5.32 Å². The Morgan fingerprint density at radius 2 is 2.14 bits per heavy atom. The first-order chi connectivity index (χ1) is 6.70. The van der Waals surface area contributed by atoms with Crippen LogP contribution in [0, 0.1) is 11.3 Å². The molecule has 1 saturated carbocycles. The molecule has 1 aliphatic carbocycles. The number of hydrogen-bond acceptors (Lipinski definition) is 3. The van der Waals surface area contributed by atoms with E-state index in [2.05, 4.69) is 11.4 Å². The maximum absolute atomic E-state index is 9.08. The molecule has 1 unspecified atom stereocenters. The van der Waals surface area contributed by atoms with Crippen LogP contribution in [0.5, 0.6) is 0 Å². The Balaban J connectivity index is 2.39. The zero-order chi connectivity index (χ0) is 10.4. The van der Waals surface area contributed by atoms with Gasteiger partial charge in [0.25, 0.3) is 0 Å². The Morgan fingerprint density at radius 3 is 2.64 bits per heavy atom. The van der Waals surface area contributed by atoms with E-state index in [0.29, 0.717) is 19.3 Å². The topological polar surface area (TPSA) is 45.0 Å². The highest BCUT2D eigenvalue weighted by molar-refractivity contribution is 5.05. The van der Waals surface area contributed by atoms with Crippen molar-refractivity contribution < 1.29 is 4.74 Å². The molecule has 0 aromatic rings. The summed E-state index contributed by atoms with van der Waals surface area (Å²) in [4.78, 5) is 0. The van der Waals surface area contributed by atoms with Crippen LogP contribution >= 0.6 is 0 Å². The fourth-order valence-corrected chi connectivity index (χ4v) is 1.93. The Bertz CT molecular complexity index is 206. The third-order valence-corrected chi connectivity index (χ3v) is 2.72. The highest BCUT2D eigenvalue weighted by atomic mass is 16.5. The molecular weight excluding hydrogens is 176 g/mol. The molecule has 0 amide bonds. The fourth-order valence-electron chi connectivity index (χ4n) is 1.93. The van der Waals surface area contributed by atoms with Crippen LogP contribution in [-0.4, -0.2) is 24.8 Å². The molecule has 3 nitrogen and oxygen atoms in total. The second-order valence-corrected chi connectivity index (χ2v) is 4.21. The lowest BCUT2D eigenvalue weighted by Gasteiger charge is -2.26. The van der Waals surface area contributed by atoms with Crippen molar-refractivity contribution in [2.45, 2.75) is 51.1 Å². The number of rotatable bonds is 5. The molecule has 14 heavy (non-hydrogen) atoms. The maximum Gasteiger partial charge on any atom is 0.127 e. The number of nitrogens with one attached hydrogen (secondary N) is 1. The van der Waals surface area contributed by atoms with Crippen LogP contribution in [0.3, 0.4) is 0 Å². The van der Waals surface area contributed by atoms with Crippen LogP contribution in [0.2, 0.25) is 0 Å². The monoisotopic (exact) mass is 196 g/mol. The van der Waals surface area contributed by atoms with E-state index in [1.807, 2.05) is 13.8 Å². The summed E-state index contributed by atoms with van der Waals surface area (Å²) in [5, 5.41) is 12.5. The average Bonchev–Trinajstić information content (AvgIpc) is 2.67. The van der Waals surface area contributed by atoms with Crippen molar-refractivity contribution in [2.24, 2.45) is 0 Å². The number of nitrogens with zero attached hydrogens (tertiary/aromatic N) is 1. The highest BCUT2D eigenvalue weighted by Crippen LogP contribution is 2.20. The summed E-state index contributed by atoms with van der Waals surface area (Å²) in [5.41, 5.74) is -0.509. The van der Waals surface area contributed by atoms with Crippen LogP contribution in [0.1, 0.15) is 39.5 Å². The zero-order valence-electron chi connectivity index (χ0n) is 9.18. The molecule has 1 atom stereocenters. The van der Waals surface area contributed by atoms with E-state index in [4.69, 9.17) is 10.00 Å². The number of ether oxygens (including phenoxy) is 1. The van der Waals surface area contributed by atoms with Gasteiger partial charge in [0, 0.05) is 12.6 Å². The van der Waals surface area contributed by atoms with Crippen molar-refractivity contribution in [3.05, 3.63) is 0 Å². The molecule has 0 heterocycles. The summed E-state index contributed by atoms with van der Waals surface area (Å²) in [5.74, 6) is 0. The minimum atomic E-state index is -0.509. The molecule has 0 aliphatic heterocycles. The first-order valence-electron chi connectivity index (χ1n) is 5.47. The van der Waals surface area contributed by atoms with E-state index in [-0.39, 0.29) is 0 Å². The van der Waals surface area contributed by atoms with E-state index in [0.717, 1.165) is 0 Å². The molecule has 80 valence electrons. The molecule has 1 N–H and O–H groups in total. The molecule has 1 aliphatic rings. The molecule has 1 rings (SSSR count). The van der Waals surface area contributed by atoms with Crippen LogP contribution in [0.25, 0.3) is 0 Å². The number of hydrogen-bond donors (Lipinski definition) is 1. The standard InChI is InChI=1S/C11H20N2O/c1-3-14-9-11(2,8-12)13-10-6-4-5-7-10/h10,13H,3-7,9H2,1-2H3. The van der Waals surface area contributed by atoms with Gasteiger partial charge in [-0.25, -0.2) is 0 Å². The molecule has 0 spiro atoms. The van der Waals surface area contributed by atoms with Gasteiger partial charge in [0.15, 0.2) is 0 Å². The SMILES string of the molecule is CCOCC(C)(C#N)NC1CCCC1. The molecule has 0 bridgehead atoms. The first-order valence-corrected chi connectivity index (χ1v) is 5.47. The Hall–Kier alpha value is -0.590. The van der Waals surface area contributed by atoms with Crippen LogP contribution < -0.4 is 5.32 Å². The van der Waals surface area contributed by atoms with Gasteiger partial charge in [-0.1, -0.05) is 12.8 Å². The Kier molecular flexibility index (Phi) is 4.37. The van der Waals surface area contributed by atoms with E-state index >= 15 is 0 Å². The van der Waals surface area contributed by atoms with E-state index in [1.54, 1.807) is 0 Å². The lowest BCUT2D eigenvalue weighted by Crippen LogP contribution is -2.49. The Labute approximate surface area is 86.4 Å². The van der Waals surface area contributed by atoms with Gasteiger partial charge in [0.2, 0.25) is 0 Å². The van der Waals surface area contributed by atoms with Crippen LogP contribution in [0.4, 0.5) is 0 Å².